The van der Waals surface area contributed by atoms with Crippen molar-refractivity contribution in [3.63, 3.8) is 0 Å². The first kappa shape index (κ1) is 13.1. The summed E-state index contributed by atoms with van der Waals surface area (Å²) < 4.78 is 5.42. The van der Waals surface area contributed by atoms with Crippen molar-refractivity contribution < 1.29 is 19.4 Å². The highest BCUT2D eigenvalue weighted by Gasteiger charge is 2.38. The summed E-state index contributed by atoms with van der Waals surface area (Å²) >= 11 is 0. The van der Waals surface area contributed by atoms with Gasteiger partial charge < -0.3 is 20.1 Å². The highest BCUT2D eigenvalue weighted by Crippen LogP contribution is 2.34. The number of amides is 2. The quantitative estimate of drug-likeness (QED) is 0.775. The third-order valence-electron chi connectivity index (χ3n) is 4.08. The Labute approximate surface area is 106 Å². The molecule has 18 heavy (non-hydrogen) atoms. The molecule has 0 spiro atoms. The number of nitrogens with zero attached hydrogens (tertiary/aromatic N) is 1. The number of carbonyl (C=O) groups is 2. The van der Waals surface area contributed by atoms with Gasteiger partial charge in [-0.05, 0) is 25.7 Å². The van der Waals surface area contributed by atoms with Crippen LogP contribution in [0.1, 0.15) is 25.7 Å². The second-order valence-corrected chi connectivity index (χ2v) is 5.17. The number of ether oxygens (including phenoxy) is 1. The molecule has 2 aliphatic rings. The maximum Gasteiger partial charge on any atom is 0.317 e. The van der Waals surface area contributed by atoms with Gasteiger partial charge >= 0.3 is 12.0 Å². The van der Waals surface area contributed by atoms with Gasteiger partial charge in [0, 0.05) is 26.7 Å². The van der Waals surface area contributed by atoms with E-state index < -0.39 is 11.9 Å². The Hall–Kier alpha value is -1.30. The van der Waals surface area contributed by atoms with Gasteiger partial charge in [-0.1, -0.05) is 0 Å². The molecule has 6 nitrogen and oxygen atoms in total. The second kappa shape index (κ2) is 5.14. The van der Waals surface area contributed by atoms with Crippen molar-refractivity contribution in [2.24, 2.45) is 5.92 Å². The minimum atomic E-state index is -0.822. The van der Waals surface area contributed by atoms with Crippen LogP contribution in [0.2, 0.25) is 0 Å². The molecule has 0 radical (unpaired) electrons. The van der Waals surface area contributed by atoms with E-state index in [1.165, 1.54) is 0 Å². The van der Waals surface area contributed by atoms with Crippen molar-refractivity contribution in [2.75, 3.05) is 26.7 Å². The van der Waals surface area contributed by atoms with Crippen LogP contribution in [0.4, 0.5) is 4.79 Å². The Bertz CT molecular complexity index is 335. The van der Waals surface area contributed by atoms with Crippen molar-refractivity contribution in [3.05, 3.63) is 0 Å². The summed E-state index contributed by atoms with van der Waals surface area (Å²) in [7, 11) is 1.67. The molecule has 1 unspecified atom stereocenters. The molecule has 2 fully saturated rings. The number of rotatable bonds is 4. The number of carboxylic acid groups (broad SMARTS) is 1. The summed E-state index contributed by atoms with van der Waals surface area (Å²) in [5.41, 5.74) is -0.193. The van der Waals surface area contributed by atoms with Crippen LogP contribution in [0.3, 0.4) is 0 Å². The zero-order valence-electron chi connectivity index (χ0n) is 10.6. The molecule has 2 amide bonds. The Morgan fingerprint density at radius 2 is 2.22 bits per heavy atom. The second-order valence-electron chi connectivity index (χ2n) is 5.17. The number of hydrogen-bond acceptors (Lipinski definition) is 3. The standard InChI is InChI=1S/C12H20N2O4/c1-18-12(4-2-5-12)8-13-11(17)14-6-3-9(7-14)10(15)16/h9H,2-8H2,1H3,(H,13,17)(H,15,16). The summed E-state index contributed by atoms with van der Waals surface area (Å²) in [6.07, 6.45) is 3.62. The summed E-state index contributed by atoms with van der Waals surface area (Å²) in [5, 5.41) is 11.7. The maximum absolute atomic E-state index is 11.9. The van der Waals surface area contributed by atoms with Crippen LogP contribution in [0, 0.1) is 5.92 Å². The van der Waals surface area contributed by atoms with Crippen LogP contribution in [0.25, 0.3) is 0 Å². The molecule has 1 aliphatic heterocycles. The number of methoxy groups -OCH3 is 1. The van der Waals surface area contributed by atoms with E-state index in [0.717, 1.165) is 19.3 Å². The minimum absolute atomic E-state index is 0.179. The van der Waals surface area contributed by atoms with Crippen LogP contribution in [0.5, 0.6) is 0 Å². The largest absolute Gasteiger partial charge is 0.481 e. The van der Waals surface area contributed by atoms with E-state index in [-0.39, 0.29) is 11.6 Å². The summed E-state index contributed by atoms with van der Waals surface area (Å²) in [4.78, 5) is 24.3. The van der Waals surface area contributed by atoms with Gasteiger partial charge in [-0.2, -0.15) is 0 Å². The molecule has 0 aromatic rings. The molecule has 0 aromatic carbocycles. The van der Waals surface area contributed by atoms with Gasteiger partial charge in [0.05, 0.1) is 11.5 Å². The van der Waals surface area contributed by atoms with Crippen LogP contribution >= 0.6 is 0 Å². The zero-order valence-corrected chi connectivity index (χ0v) is 10.6. The lowest BCUT2D eigenvalue weighted by Gasteiger charge is -2.40. The number of nitrogens with one attached hydrogen (secondary N) is 1. The summed E-state index contributed by atoms with van der Waals surface area (Å²) in [6.45, 7) is 1.33. The topological polar surface area (TPSA) is 78.9 Å². The fourth-order valence-electron chi connectivity index (χ4n) is 2.52. The maximum atomic E-state index is 11.9. The van der Waals surface area contributed by atoms with E-state index in [2.05, 4.69) is 5.32 Å². The van der Waals surface area contributed by atoms with Crippen LogP contribution in [-0.4, -0.2) is 54.4 Å². The van der Waals surface area contributed by atoms with Gasteiger partial charge in [0.25, 0.3) is 0 Å². The lowest BCUT2D eigenvalue weighted by atomic mass is 9.80. The smallest absolute Gasteiger partial charge is 0.317 e. The van der Waals surface area contributed by atoms with Gasteiger partial charge in [-0.25, -0.2) is 4.79 Å². The van der Waals surface area contributed by atoms with E-state index in [0.29, 0.717) is 26.1 Å². The normalized spacial score (nSPS) is 25.6. The third-order valence-corrected chi connectivity index (χ3v) is 4.08. The molecular weight excluding hydrogens is 236 g/mol. The lowest BCUT2D eigenvalue weighted by Crippen LogP contribution is -2.51. The SMILES string of the molecule is COC1(CNC(=O)N2CCC(C(=O)O)C2)CCC1. The molecule has 1 heterocycles. The number of aliphatic carboxylic acids is 1. The Kier molecular flexibility index (Phi) is 3.75. The van der Waals surface area contributed by atoms with Crippen molar-refractivity contribution >= 4 is 12.0 Å². The molecule has 0 bridgehead atoms. The highest BCUT2D eigenvalue weighted by molar-refractivity contribution is 5.77. The molecule has 1 aliphatic carbocycles. The number of likely N-dealkylation sites (tertiary alicyclic amines) is 1. The van der Waals surface area contributed by atoms with E-state index in [9.17, 15) is 9.59 Å². The number of carboxylic acids is 1. The first-order valence-corrected chi connectivity index (χ1v) is 6.37. The molecule has 2 N–H and O–H groups in total. The number of carbonyl (C=O) groups excluding carboxylic acids is 1. The molecule has 6 heteroatoms. The van der Waals surface area contributed by atoms with Crippen LogP contribution in [0.15, 0.2) is 0 Å². The van der Waals surface area contributed by atoms with Gasteiger partial charge in [-0.15, -0.1) is 0 Å². The van der Waals surface area contributed by atoms with Gasteiger partial charge in [0.2, 0.25) is 0 Å². The monoisotopic (exact) mass is 256 g/mol. The van der Waals surface area contributed by atoms with E-state index in [1.807, 2.05) is 0 Å². The predicted molar refractivity (Wildman–Crippen MR) is 64.3 cm³/mol. The first-order chi connectivity index (χ1) is 8.56. The summed E-state index contributed by atoms with van der Waals surface area (Å²) in [6, 6.07) is -0.179. The Balaban J connectivity index is 1.77. The predicted octanol–water partition coefficient (Wildman–Crippen LogP) is 0.672. The minimum Gasteiger partial charge on any atom is -0.481 e. The Morgan fingerprint density at radius 1 is 1.50 bits per heavy atom. The van der Waals surface area contributed by atoms with Crippen molar-refractivity contribution in [2.45, 2.75) is 31.3 Å². The van der Waals surface area contributed by atoms with Gasteiger partial charge in [0.1, 0.15) is 0 Å². The first-order valence-electron chi connectivity index (χ1n) is 6.37. The summed E-state index contributed by atoms with van der Waals surface area (Å²) in [5.74, 6) is -1.24. The number of hydrogen-bond donors (Lipinski definition) is 2. The molecule has 2 rings (SSSR count). The molecule has 1 atom stereocenters. The van der Waals surface area contributed by atoms with E-state index >= 15 is 0 Å². The van der Waals surface area contributed by atoms with E-state index in [1.54, 1.807) is 12.0 Å². The van der Waals surface area contributed by atoms with Crippen molar-refractivity contribution in [1.82, 2.24) is 10.2 Å². The third kappa shape index (κ3) is 2.58. The van der Waals surface area contributed by atoms with Gasteiger partial charge in [0.15, 0.2) is 0 Å². The zero-order chi connectivity index (χ0) is 13.2. The molecular formula is C12H20N2O4. The fourth-order valence-corrected chi connectivity index (χ4v) is 2.52. The van der Waals surface area contributed by atoms with E-state index in [4.69, 9.17) is 9.84 Å². The molecule has 1 saturated carbocycles. The molecule has 0 aromatic heterocycles. The lowest BCUT2D eigenvalue weighted by molar-refractivity contribution is -0.141. The van der Waals surface area contributed by atoms with Gasteiger partial charge in [-0.3, -0.25) is 4.79 Å². The fraction of sp³-hybridized carbons (Fsp3) is 0.833. The molecule has 1 saturated heterocycles. The van der Waals surface area contributed by atoms with Crippen LogP contribution < -0.4 is 5.32 Å². The molecule has 102 valence electrons. The highest BCUT2D eigenvalue weighted by atomic mass is 16.5. The Morgan fingerprint density at radius 3 is 2.67 bits per heavy atom. The van der Waals surface area contributed by atoms with Crippen molar-refractivity contribution in [1.29, 1.82) is 0 Å². The van der Waals surface area contributed by atoms with Crippen molar-refractivity contribution in [3.8, 4) is 0 Å². The number of urea groups is 1. The average molecular weight is 256 g/mol. The average Bonchev–Trinajstić information content (AvgIpc) is 2.77. The van der Waals surface area contributed by atoms with Crippen LogP contribution in [-0.2, 0) is 9.53 Å².